The number of carboxylic acid groups (broad SMARTS) is 1. The first-order valence-electron chi connectivity index (χ1n) is 15.2. The summed E-state index contributed by atoms with van der Waals surface area (Å²) < 4.78 is 10.7. The summed E-state index contributed by atoms with van der Waals surface area (Å²) in [6.07, 6.45) is -0.271. The second kappa shape index (κ2) is 14.6. The van der Waals surface area contributed by atoms with Gasteiger partial charge in [-0.05, 0) is 61.7 Å². The molecule has 2 aromatic carbocycles. The zero-order valence-electron chi connectivity index (χ0n) is 26.1. The number of thiophene rings is 1. The van der Waals surface area contributed by atoms with Gasteiger partial charge in [0.15, 0.2) is 0 Å². The first-order valence-corrected chi connectivity index (χ1v) is 16.1. The van der Waals surface area contributed by atoms with Crippen molar-refractivity contribution in [3.05, 3.63) is 76.0 Å². The molecule has 0 bridgehead atoms. The van der Waals surface area contributed by atoms with Crippen molar-refractivity contribution < 1.29 is 33.8 Å². The predicted octanol–water partition coefficient (Wildman–Crippen LogP) is 4.31. The monoisotopic (exact) mass is 649 g/mol. The van der Waals surface area contributed by atoms with Crippen LogP contribution in [0.25, 0.3) is 0 Å². The van der Waals surface area contributed by atoms with Gasteiger partial charge in [-0.3, -0.25) is 14.4 Å². The number of hydrogen-bond acceptors (Lipinski definition) is 8. The third-order valence-corrected chi connectivity index (χ3v) is 9.22. The molecule has 12 nitrogen and oxygen atoms in total. The molecule has 3 atom stereocenters. The number of aliphatic carboxylic acids is 1. The van der Waals surface area contributed by atoms with Gasteiger partial charge in [0.2, 0.25) is 0 Å². The molecule has 0 aliphatic carbocycles. The maximum Gasteiger partial charge on any atom is 0.320 e. The molecule has 244 valence electrons. The molecular formula is C33H39N5O7S. The molecule has 0 radical (unpaired) electrons. The van der Waals surface area contributed by atoms with Crippen molar-refractivity contribution in [2.24, 2.45) is 0 Å². The third-order valence-electron chi connectivity index (χ3n) is 8.23. The van der Waals surface area contributed by atoms with Gasteiger partial charge >= 0.3 is 12.0 Å². The van der Waals surface area contributed by atoms with Crippen LogP contribution in [-0.2, 0) is 9.53 Å². The Morgan fingerprint density at radius 3 is 2.43 bits per heavy atom. The van der Waals surface area contributed by atoms with Gasteiger partial charge in [-0.2, -0.15) is 0 Å². The number of carbonyl (C=O) groups is 4. The SMILES string of the molecule is COc1cccc(C(=O)Nc2cc(C(=O)NC(CC(=O)O)c3cccs3)ccc2N2CC(C)N(C(=O)N3CCOCC3)CC2C)c1. The van der Waals surface area contributed by atoms with E-state index in [4.69, 9.17) is 9.47 Å². The zero-order valence-corrected chi connectivity index (χ0v) is 26.9. The fraction of sp³-hybridized carbons (Fsp3) is 0.394. The van der Waals surface area contributed by atoms with E-state index >= 15 is 0 Å². The van der Waals surface area contributed by atoms with Crippen LogP contribution >= 0.6 is 11.3 Å². The molecule has 3 aromatic rings. The Bertz CT molecular complexity index is 1560. The summed E-state index contributed by atoms with van der Waals surface area (Å²) in [6.45, 7) is 7.17. The standard InChI is InChI=1S/C33H39N5O7S/c1-21-20-38(33(43)36-11-13-45-14-12-36)22(2)19-37(21)28-10-9-24(32(42)35-27(18-30(39)40)29-8-5-15-46-29)17-26(28)34-31(41)23-6-4-7-25(16-23)44-3/h4-10,15-17,21-22,27H,11-14,18-20H2,1-3H3,(H,34,41)(H,35,42)(H,39,40). The number of morpholine rings is 1. The largest absolute Gasteiger partial charge is 0.497 e. The Hall–Kier alpha value is -4.62. The number of piperazine rings is 1. The molecule has 13 heteroatoms. The highest BCUT2D eigenvalue weighted by Gasteiger charge is 2.36. The van der Waals surface area contributed by atoms with E-state index in [1.165, 1.54) is 18.4 Å². The van der Waals surface area contributed by atoms with E-state index in [0.717, 1.165) is 4.88 Å². The van der Waals surface area contributed by atoms with E-state index in [1.807, 2.05) is 29.0 Å². The van der Waals surface area contributed by atoms with Gasteiger partial charge < -0.3 is 39.9 Å². The van der Waals surface area contributed by atoms with Gasteiger partial charge in [0.05, 0.1) is 44.2 Å². The molecule has 2 aliphatic heterocycles. The summed E-state index contributed by atoms with van der Waals surface area (Å²) in [5.74, 6) is -1.36. The smallest absolute Gasteiger partial charge is 0.320 e. The van der Waals surface area contributed by atoms with Crippen LogP contribution < -0.4 is 20.3 Å². The maximum atomic E-state index is 13.5. The van der Waals surface area contributed by atoms with Gasteiger partial charge in [-0.15, -0.1) is 11.3 Å². The molecule has 0 spiro atoms. The van der Waals surface area contributed by atoms with Crippen molar-refractivity contribution in [2.75, 3.05) is 56.7 Å². The number of amides is 4. The van der Waals surface area contributed by atoms with Gasteiger partial charge in [-0.1, -0.05) is 12.1 Å². The molecule has 5 rings (SSSR count). The van der Waals surface area contributed by atoms with E-state index in [0.29, 0.717) is 62.1 Å². The highest BCUT2D eigenvalue weighted by molar-refractivity contribution is 7.10. The molecule has 2 saturated heterocycles. The van der Waals surface area contributed by atoms with Crippen molar-refractivity contribution in [3.8, 4) is 5.75 Å². The van der Waals surface area contributed by atoms with Gasteiger partial charge in [0.1, 0.15) is 5.75 Å². The molecule has 3 unspecified atom stereocenters. The summed E-state index contributed by atoms with van der Waals surface area (Å²) in [5, 5.41) is 17.1. The van der Waals surface area contributed by atoms with Crippen molar-refractivity contribution in [3.63, 3.8) is 0 Å². The number of rotatable bonds is 9. The minimum atomic E-state index is -1.03. The number of nitrogens with zero attached hydrogens (tertiary/aromatic N) is 3. The third kappa shape index (κ3) is 7.60. The fourth-order valence-electron chi connectivity index (χ4n) is 5.78. The number of benzene rings is 2. The minimum Gasteiger partial charge on any atom is -0.497 e. The lowest BCUT2D eigenvalue weighted by molar-refractivity contribution is -0.137. The summed E-state index contributed by atoms with van der Waals surface area (Å²) >= 11 is 1.37. The highest BCUT2D eigenvalue weighted by atomic mass is 32.1. The Kier molecular flexibility index (Phi) is 10.4. The Balaban J connectivity index is 1.43. The van der Waals surface area contributed by atoms with Crippen molar-refractivity contribution in [1.29, 1.82) is 0 Å². The first-order chi connectivity index (χ1) is 22.1. The second-order valence-corrected chi connectivity index (χ2v) is 12.4. The molecule has 3 N–H and O–H groups in total. The lowest BCUT2D eigenvalue weighted by Gasteiger charge is -2.47. The van der Waals surface area contributed by atoms with Crippen molar-refractivity contribution in [2.45, 2.75) is 38.4 Å². The Morgan fingerprint density at radius 1 is 0.978 bits per heavy atom. The van der Waals surface area contributed by atoms with Crippen LogP contribution in [0.1, 0.15) is 51.9 Å². The van der Waals surface area contributed by atoms with E-state index in [1.54, 1.807) is 54.6 Å². The maximum absolute atomic E-state index is 13.5. The average Bonchev–Trinajstić information content (AvgIpc) is 3.60. The quantitative estimate of drug-likeness (QED) is 0.312. The lowest BCUT2D eigenvalue weighted by Crippen LogP contribution is -2.61. The van der Waals surface area contributed by atoms with Crippen LogP contribution in [0.5, 0.6) is 5.75 Å². The first kappa shape index (κ1) is 32.8. The summed E-state index contributed by atoms with van der Waals surface area (Å²) in [4.78, 5) is 58.5. The number of hydrogen-bond donors (Lipinski definition) is 3. The molecule has 3 heterocycles. The van der Waals surface area contributed by atoms with E-state index < -0.39 is 17.9 Å². The zero-order chi connectivity index (χ0) is 32.8. The van der Waals surface area contributed by atoms with Crippen LogP contribution in [0.4, 0.5) is 16.2 Å². The number of carboxylic acids is 1. The second-order valence-electron chi connectivity index (χ2n) is 11.4. The summed E-state index contributed by atoms with van der Waals surface area (Å²) in [5.41, 5.74) is 1.75. The molecule has 4 amide bonds. The number of carbonyl (C=O) groups excluding carboxylic acids is 3. The van der Waals surface area contributed by atoms with E-state index in [-0.39, 0.29) is 36.0 Å². The van der Waals surface area contributed by atoms with Crippen LogP contribution in [0.3, 0.4) is 0 Å². The van der Waals surface area contributed by atoms with Gasteiger partial charge in [-0.25, -0.2) is 4.79 Å². The molecule has 0 saturated carbocycles. The number of methoxy groups -OCH3 is 1. The molecule has 46 heavy (non-hydrogen) atoms. The number of urea groups is 1. The number of anilines is 2. The van der Waals surface area contributed by atoms with Crippen LogP contribution in [0, 0.1) is 0 Å². The van der Waals surface area contributed by atoms with Crippen LogP contribution in [0.15, 0.2) is 60.0 Å². The topological polar surface area (TPSA) is 141 Å². The van der Waals surface area contributed by atoms with Crippen molar-refractivity contribution >= 4 is 46.5 Å². The van der Waals surface area contributed by atoms with Gasteiger partial charge in [0, 0.05) is 54.3 Å². The number of nitrogens with one attached hydrogen (secondary N) is 2. The van der Waals surface area contributed by atoms with Gasteiger partial charge in [0.25, 0.3) is 11.8 Å². The van der Waals surface area contributed by atoms with Crippen LogP contribution in [0.2, 0.25) is 0 Å². The van der Waals surface area contributed by atoms with Crippen molar-refractivity contribution in [1.82, 2.24) is 15.1 Å². The number of ether oxygens (including phenoxy) is 2. The minimum absolute atomic E-state index is 0.0116. The summed E-state index contributed by atoms with van der Waals surface area (Å²) in [7, 11) is 1.52. The molecular weight excluding hydrogens is 610 g/mol. The Labute approximate surface area is 271 Å². The molecule has 2 aliphatic rings. The fourth-order valence-corrected chi connectivity index (χ4v) is 6.56. The normalized spacial score (nSPS) is 18.9. The van der Waals surface area contributed by atoms with E-state index in [9.17, 15) is 24.3 Å². The lowest BCUT2D eigenvalue weighted by atomic mass is 10.0. The van der Waals surface area contributed by atoms with Crippen LogP contribution in [-0.4, -0.2) is 97.3 Å². The predicted molar refractivity (Wildman–Crippen MR) is 175 cm³/mol. The highest BCUT2D eigenvalue weighted by Crippen LogP contribution is 2.33. The molecule has 1 aromatic heterocycles. The summed E-state index contributed by atoms with van der Waals surface area (Å²) in [6, 6.07) is 14.5. The van der Waals surface area contributed by atoms with E-state index in [2.05, 4.69) is 15.5 Å². The average molecular weight is 650 g/mol. The molecule has 2 fully saturated rings. The Morgan fingerprint density at radius 2 is 1.74 bits per heavy atom.